The number of hydrogen-bond acceptors (Lipinski definition) is 6. The third-order valence-corrected chi connectivity index (χ3v) is 5.13. The number of hydrogen-bond donors (Lipinski definition) is 0. The highest BCUT2D eigenvalue weighted by molar-refractivity contribution is 7.11. The second-order valence-electron chi connectivity index (χ2n) is 5.62. The van der Waals surface area contributed by atoms with Gasteiger partial charge in [0.05, 0.1) is 24.4 Å². The Morgan fingerprint density at radius 1 is 1.55 bits per heavy atom. The van der Waals surface area contributed by atoms with Gasteiger partial charge >= 0.3 is 5.97 Å². The van der Waals surface area contributed by atoms with E-state index in [1.54, 1.807) is 17.4 Å². The van der Waals surface area contributed by atoms with Crippen LogP contribution in [0.25, 0.3) is 0 Å². The van der Waals surface area contributed by atoms with Crippen molar-refractivity contribution in [2.45, 2.75) is 38.8 Å². The predicted molar refractivity (Wildman–Crippen MR) is 84.0 cm³/mol. The van der Waals surface area contributed by atoms with Gasteiger partial charge in [0.2, 0.25) is 5.76 Å². The molecule has 5 nitrogen and oxygen atoms in total. The number of fused-ring (bicyclic) bond motifs is 1. The summed E-state index contributed by atoms with van der Waals surface area (Å²) in [7, 11) is 3.45. The van der Waals surface area contributed by atoms with Crippen molar-refractivity contribution in [2.75, 3.05) is 14.2 Å². The molecule has 0 saturated heterocycles. The summed E-state index contributed by atoms with van der Waals surface area (Å²) in [6.45, 7) is 2.73. The van der Waals surface area contributed by atoms with Gasteiger partial charge in [0.1, 0.15) is 5.76 Å². The molecule has 0 amide bonds. The molecule has 0 unspecified atom stereocenters. The number of carbonyl (C=O) groups is 1. The van der Waals surface area contributed by atoms with Crippen LogP contribution in [0.15, 0.2) is 16.5 Å². The van der Waals surface area contributed by atoms with E-state index < -0.39 is 5.97 Å². The zero-order valence-electron chi connectivity index (χ0n) is 13.1. The first kappa shape index (κ1) is 15.2. The summed E-state index contributed by atoms with van der Waals surface area (Å²) in [4.78, 5) is 19.7. The van der Waals surface area contributed by atoms with Crippen LogP contribution < -0.4 is 0 Å². The molecule has 118 valence electrons. The van der Waals surface area contributed by atoms with Gasteiger partial charge in [-0.05, 0) is 45.4 Å². The highest BCUT2D eigenvalue weighted by Crippen LogP contribution is 2.37. The number of rotatable bonds is 4. The molecule has 0 saturated carbocycles. The summed E-state index contributed by atoms with van der Waals surface area (Å²) < 4.78 is 10.2. The lowest BCUT2D eigenvalue weighted by Crippen LogP contribution is -2.26. The van der Waals surface area contributed by atoms with Gasteiger partial charge in [-0.1, -0.05) is 0 Å². The lowest BCUT2D eigenvalue weighted by molar-refractivity contribution is 0.0560. The summed E-state index contributed by atoms with van der Waals surface area (Å²) in [6, 6.07) is 3.88. The van der Waals surface area contributed by atoms with Crippen LogP contribution in [-0.4, -0.2) is 30.0 Å². The maximum absolute atomic E-state index is 11.4. The summed E-state index contributed by atoms with van der Waals surface area (Å²) in [6.07, 6.45) is 3.38. The molecule has 2 aromatic rings. The molecule has 6 heteroatoms. The maximum Gasteiger partial charge on any atom is 0.373 e. The average molecular weight is 320 g/mol. The van der Waals surface area contributed by atoms with Crippen molar-refractivity contribution < 1.29 is 13.9 Å². The number of furan rings is 1. The van der Waals surface area contributed by atoms with E-state index in [9.17, 15) is 4.79 Å². The van der Waals surface area contributed by atoms with Gasteiger partial charge in [0.25, 0.3) is 0 Å². The smallest absolute Gasteiger partial charge is 0.373 e. The second-order valence-corrected chi connectivity index (χ2v) is 6.86. The first-order chi connectivity index (χ1) is 10.6. The Morgan fingerprint density at radius 2 is 2.36 bits per heavy atom. The maximum atomic E-state index is 11.4. The molecule has 0 aliphatic heterocycles. The number of esters is 1. The van der Waals surface area contributed by atoms with Crippen LogP contribution in [0.4, 0.5) is 0 Å². The van der Waals surface area contributed by atoms with E-state index in [1.807, 2.05) is 6.07 Å². The SMILES string of the molecule is COC(=O)c1ccc(CN(C)[C@@H]2CCCc3nc(C)sc32)o1. The Bertz CT molecular complexity index is 677. The number of methoxy groups -OCH3 is 1. The van der Waals surface area contributed by atoms with Crippen molar-refractivity contribution in [3.8, 4) is 0 Å². The molecule has 0 N–H and O–H groups in total. The molecule has 0 aromatic carbocycles. The van der Waals surface area contributed by atoms with Crippen molar-refractivity contribution >= 4 is 17.3 Å². The molecule has 2 aromatic heterocycles. The third kappa shape index (κ3) is 2.94. The van der Waals surface area contributed by atoms with Gasteiger partial charge in [-0.2, -0.15) is 0 Å². The van der Waals surface area contributed by atoms with Crippen molar-refractivity contribution in [1.29, 1.82) is 0 Å². The van der Waals surface area contributed by atoms with Crippen LogP contribution in [0.1, 0.15) is 50.8 Å². The van der Waals surface area contributed by atoms with Gasteiger partial charge in [0, 0.05) is 10.9 Å². The minimum absolute atomic E-state index is 0.254. The average Bonchev–Trinajstić information content (AvgIpc) is 3.11. The van der Waals surface area contributed by atoms with Crippen molar-refractivity contribution in [3.05, 3.63) is 39.2 Å². The van der Waals surface area contributed by atoms with E-state index in [-0.39, 0.29) is 5.76 Å². The van der Waals surface area contributed by atoms with Crippen molar-refractivity contribution in [3.63, 3.8) is 0 Å². The van der Waals surface area contributed by atoms with Crippen molar-refractivity contribution in [2.24, 2.45) is 0 Å². The Kier molecular flexibility index (Phi) is 4.31. The standard InChI is InChI=1S/C16H20N2O3S/c1-10-17-12-5-4-6-13(15(12)22-10)18(2)9-11-7-8-14(21-11)16(19)20-3/h7-8,13H,4-6,9H2,1-3H3/t13-/m1/s1. The topological polar surface area (TPSA) is 55.6 Å². The lowest BCUT2D eigenvalue weighted by atomic mass is 9.97. The summed E-state index contributed by atoms with van der Waals surface area (Å²) in [5.74, 6) is 0.590. The van der Waals surface area contributed by atoms with E-state index in [4.69, 9.17) is 4.42 Å². The van der Waals surface area contributed by atoms with Gasteiger partial charge in [-0.25, -0.2) is 9.78 Å². The Hall–Kier alpha value is -1.66. The van der Waals surface area contributed by atoms with Crippen LogP contribution in [-0.2, 0) is 17.7 Å². The van der Waals surface area contributed by atoms with Crippen LogP contribution in [0.2, 0.25) is 0 Å². The van der Waals surface area contributed by atoms with Crippen molar-refractivity contribution in [1.82, 2.24) is 9.88 Å². The van der Waals surface area contributed by atoms with Gasteiger partial charge in [-0.15, -0.1) is 11.3 Å². The highest BCUT2D eigenvalue weighted by atomic mass is 32.1. The molecule has 22 heavy (non-hydrogen) atoms. The minimum atomic E-state index is -0.438. The fourth-order valence-corrected chi connectivity index (χ4v) is 4.14. The first-order valence-corrected chi connectivity index (χ1v) is 8.23. The number of thiazole rings is 1. The molecule has 0 spiro atoms. The molecule has 1 atom stereocenters. The fourth-order valence-electron chi connectivity index (χ4n) is 2.97. The molecule has 2 heterocycles. The summed E-state index contributed by atoms with van der Waals surface area (Å²) >= 11 is 1.79. The third-order valence-electron chi connectivity index (χ3n) is 4.01. The van der Waals surface area contributed by atoms with Gasteiger partial charge < -0.3 is 9.15 Å². The molecule has 0 fully saturated rings. The molecular formula is C16H20N2O3S. The summed E-state index contributed by atoms with van der Waals surface area (Å²) in [5.41, 5.74) is 1.25. The van der Waals surface area contributed by atoms with Crippen LogP contribution in [0, 0.1) is 6.92 Å². The molecule has 1 aliphatic rings. The van der Waals surface area contributed by atoms with Crippen LogP contribution >= 0.6 is 11.3 Å². The van der Waals surface area contributed by atoms with Crippen LogP contribution in [0.5, 0.6) is 0 Å². The second kappa shape index (κ2) is 6.22. The molecule has 0 bridgehead atoms. The fraction of sp³-hybridized carbons (Fsp3) is 0.500. The first-order valence-electron chi connectivity index (χ1n) is 7.42. The largest absolute Gasteiger partial charge is 0.463 e. The minimum Gasteiger partial charge on any atom is -0.463 e. The monoisotopic (exact) mass is 320 g/mol. The van der Waals surface area contributed by atoms with Gasteiger partial charge in [0.15, 0.2) is 0 Å². The Balaban J connectivity index is 1.73. The van der Waals surface area contributed by atoms with E-state index >= 15 is 0 Å². The van der Waals surface area contributed by atoms with E-state index in [2.05, 4.69) is 28.6 Å². The summed E-state index contributed by atoms with van der Waals surface area (Å²) in [5, 5.41) is 1.14. The number of carbonyl (C=O) groups excluding carboxylic acids is 1. The quantitative estimate of drug-likeness (QED) is 0.809. The van der Waals surface area contributed by atoms with E-state index in [1.165, 1.54) is 17.7 Å². The van der Waals surface area contributed by atoms with E-state index in [0.717, 1.165) is 30.0 Å². The van der Waals surface area contributed by atoms with E-state index in [0.29, 0.717) is 12.6 Å². The Morgan fingerprint density at radius 3 is 3.14 bits per heavy atom. The molecule has 3 rings (SSSR count). The normalized spacial score (nSPS) is 17.5. The zero-order valence-corrected chi connectivity index (χ0v) is 13.9. The Labute approximate surface area is 133 Å². The van der Waals surface area contributed by atoms with Gasteiger partial charge in [-0.3, -0.25) is 4.90 Å². The number of aromatic nitrogens is 1. The predicted octanol–water partition coefficient (Wildman–Crippen LogP) is 3.34. The molecular weight excluding hydrogens is 300 g/mol. The number of aryl methyl sites for hydroxylation is 2. The lowest BCUT2D eigenvalue weighted by Gasteiger charge is -2.29. The highest BCUT2D eigenvalue weighted by Gasteiger charge is 2.27. The number of ether oxygens (including phenoxy) is 1. The molecule has 1 aliphatic carbocycles. The number of nitrogens with zero attached hydrogens (tertiary/aromatic N) is 2. The molecule has 0 radical (unpaired) electrons. The van der Waals surface area contributed by atoms with Crippen LogP contribution in [0.3, 0.4) is 0 Å². The zero-order chi connectivity index (χ0) is 15.7.